The topological polar surface area (TPSA) is 84.3 Å². The molecule has 2 rings (SSSR count). The summed E-state index contributed by atoms with van der Waals surface area (Å²) in [5, 5.41) is 4.21. The highest BCUT2D eigenvalue weighted by Crippen LogP contribution is 2.21. The molecule has 152 valence electrons. The van der Waals surface area contributed by atoms with Gasteiger partial charge in [0.15, 0.2) is 5.16 Å². The molecule has 7 nitrogen and oxygen atoms in total. The normalized spacial score (nSPS) is 10.9. The van der Waals surface area contributed by atoms with E-state index in [9.17, 15) is 14.4 Å². The fourth-order valence-corrected chi connectivity index (χ4v) is 3.70. The molecule has 0 bridgehead atoms. The van der Waals surface area contributed by atoms with Crippen molar-refractivity contribution >= 4 is 46.1 Å². The number of nitrogens with one attached hydrogen (secondary N) is 1. The van der Waals surface area contributed by atoms with Crippen LogP contribution in [0.5, 0.6) is 0 Å². The number of halogens is 1. The molecular formula is C19H25ClN4O3S. The van der Waals surface area contributed by atoms with Crippen molar-refractivity contribution in [2.75, 3.05) is 25.9 Å². The molecule has 1 aromatic heterocycles. The van der Waals surface area contributed by atoms with E-state index in [-0.39, 0.29) is 29.7 Å². The van der Waals surface area contributed by atoms with E-state index in [1.165, 1.54) is 16.7 Å². The molecule has 0 spiro atoms. The minimum atomic E-state index is -0.208. The summed E-state index contributed by atoms with van der Waals surface area (Å²) in [7, 11) is 1.58. The number of nitrogens with zero attached hydrogens (tertiary/aromatic N) is 3. The van der Waals surface area contributed by atoms with E-state index in [4.69, 9.17) is 11.6 Å². The lowest BCUT2D eigenvalue weighted by atomic mass is 10.2. The molecule has 2 amide bonds. The monoisotopic (exact) mass is 424 g/mol. The Morgan fingerprint density at radius 1 is 1.29 bits per heavy atom. The van der Waals surface area contributed by atoms with Crippen LogP contribution in [0, 0.1) is 0 Å². The highest BCUT2D eigenvalue weighted by molar-refractivity contribution is 7.99. The van der Waals surface area contributed by atoms with Gasteiger partial charge < -0.3 is 10.2 Å². The van der Waals surface area contributed by atoms with E-state index in [0.29, 0.717) is 34.2 Å². The third-order valence-electron chi connectivity index (χ3n) is 4.03. The Morgan fingerprint density at radius 3 is 2.71 bits per heavy atom. The van der Waals surface area contributed by atoms with Crippen molar-refractivity contribution in [2.45, 2.75) is 38.4 Å². The number of benzene rings is 1. The van der Waals surface area contributed by atoms with E-state index < -0.39 is 0 Å². The Balaban J connectivity index is 2.16. The van der Waals surface area contributed by atoms with Crippen LogP contribution >= 0.6 is 23.4 Å². The van der Waals surface area contributed by atoms with Crippen LogP contribution in [0.1, 0.15) is 26.7 Å². The lowest BCUT2D eigenvalue weighted by Gasteiger charge is -2.17. The first-order chi connectivity index (χ1) is 13.4. The number of hydrogen-bond acceptors (Lipinski definition) is 5. The second-order valence-corrected chi connectivity index (χ2v) is 7.78. The van der Waals surface area contributed by atoms with Crippen molar-refractivity contribution in [1.82, 2.24) is 19.8 Å². The molecule has 9 heteroatoms. The summed E-state index contributed by atoms with van der Waals surface area (Å²) in [5.74, 6) is -0.316. The lowest BCUT2D eigenvalue weighted by Crippen LogP contribution is -2.39. The molecule has 0 radical (unpaired) electrons. The number of amides is 2. The van der Waals surface area contributed by atoms with Gasteiger partial charge in [-0.3, -0.25) is 19.0 Å². The maximum atomic E-state index is 12.8. The Bertz CT molecular complexity index is 916. The van der Waals surface area contributed by atoms with Gasteiger partial charge in [-0.1, -0.05) is 37.2 Å². The maximum absolute atomic E-state index is 12.8. The Labute approximate surface area is 173 Å². The summed E-state index contributed by atoms with van der Waals surface area (Å²) in [5.41, 5.74) is 0.359. The van der Waals surface area contributed by atoms with Crippen molar-refractivity contribution < 1.29 is 9.59 Å². The van der Waals surface area contributed by atoms with E-state index in [1.807, 2.05) is 13.8 Å². The number of carbonyl (C=O) groups excluding carboxylic acids is 2. The van der Waals surface area contributed by atoms with Gasteiger partial charge in [0.25, 0.3) is 5.56 Å². The van der Waals surface area contributed by atoms with Crippen LogP contribution in [0.25, 0.3) is 10.9 Å². The number of thioether (sulfide) groups is 1. The van der Waals surface area contributed by atoms with Crippen LogP contribution in [0.3, 0.4) is 0 Å². The molecule has 0 unspecified atom stereocenters. The first-order valence-corrected chi connectivity index (χ1v) is 10.6. The first kappa shape index (κ1) is 22.2. The summed E-state index contributed by atoms with van der Waals surface area (Å²) in [6.45, 7) is 5.03. The standard InChI is InChI=1S/C19H25ClN4O3S/c1-4-8-21-16(25)11-23(3)17(26)12-28-19-22-15-10-13(20)6-7-14(15)18(27)24(19)9-5-2/h6-7,10H,4-5,8-9,11-12H2,1-3H3,(H,21,25). The zero-order chi connectivity index (χ0) is 20.7. The van der Waals surface area contributed by atoms with E-state index in [1.54, 1.807) is 29.8 Å². The highest BCUT2D eigenvalue weighted by atomic mass is 35.5. The van der Waals surface area contributed by atoms with Gasteiger partial charge in [-0.15, -0.1) is 0 Å². The predicted octanol–water partition coefficient (Wildman–Crippen LogP) is 2.54. The van der Waals surface area contributed by atoms with Crippen LogP contribution in [-0.4, -0.2) is 52.2 Å². The van der Waals surface area contributed by atoms with E-state index in [0.717, 1.165) is 12.8 Å². The molecule has 0 saturated heterocycles. The number of rotatable bonds is 9. The van der Waals surface area contributed by atoms with Gasteiger partial charge in [0.05, 0.1) is 23.2 Å². The fraction of sp³-hybridized carbons (Fsp3) is 0.474. The van der Waals surface area contributed by atoms with Crippen LogP contribution in [0.2, 0.25) is 5.02 Å². The molecule has 0 aliphatic heterocycles. The predicted molar refractivity (Wildman–Crippen MR) is 113 cm³/mol. The SMILES string of the molecule is CCCNC(=O)CN(C)C(=O)CSc1nc2cc(Cl)ccc2c(=O)n1CCC. The fourth-order valence-electron chi connectivity index (χ4n) is 2.57. The maximum Gasteiger partial charge on any atom is 0.262 e. The van der Waals surface area contributed by atoms with Crippen molar-refractivity contribution in [1.29, 1.82) is 0 Å². The molecule has 1 aromatic carbocycles. The molecular weight excluding hydrogens is 400 g/mol. The van der Waals surface area contributed by atoms with Crippen molar-refractivity contribution in [3.05, 3.63) is 33.6 Å². The summed E-state index contributed by atoms with van der Waals surface area (Å²) in [4.78, 5) is 42.9. The quantitative estimate of drug-likeness (QED) is 0.494. The van der Waals surface area contributed by atoms with Gasteiger partial charge in [0, 0.05) is 25.2 Å². The second kappa shape index (κ2) is 10.5. The number of carbonyl (C=O) groups is 2. The minimum Gasteiger partial charge on any atom is -0.355 e. The average molecular weight is 425 g/mol. The van der Waals surface area contributed by atoms with Gasteiger partial charge in [0.1, 0.15) is 0 Å². The Kier molecular flexibility index (Phi) is 8.32. The molecule has 0 atom stereocenters. The largest absolute Gasteiger partial charge is 0.355 e. The molecule has 28 heavy (non-hydrogen) atoms. The van der Waals surface area contributed by atoms with Crippen molar-refractivity contribution in [3.8, 4) is 0 Å². The molecule has 1 N–H and O–H groups in total. The first-order valence-electron chi connectivity index (χ1n) is 9.20. The zero-order valence-electron chi connectivity index (χ0n) is 16.3. The molecule has 0 aliphatic carbocycles. The second-order valence-electron chi connectivity index (χ2n) is 6.40. The Morgan fingerprint density at radius 2 is 2.04 bits per heavy atom. The van der Waals surface area contributed by atoms with Gasteiger partial charge in [-0.25, -0.2) is 4.98 Å². The molecule has 0 fully saturated rings. The van der Waals surface area contributed by atoms with Gasteiger partial charge in [-0.2, -0.15) is 0 Å². The van der Waals surface area contributed by atoms with Gasteiger partial charge in [-0.05, 0) is 31.0 Å². The van der Waals surface area contributed by atoms with Crippen molar-refractivity contribution in [2.24, 2.45) is 0 Å². The summed E-state index contributed by atoms with van der Waals surface area (Å²) in [6.07, 6.45) is 1.60. The van der Waals surface area contributed by atoms with Crippen LogP contribution in [0.15, 0.2) is 28.2 Å². The number of hydrogen-bond donors (Lipinski definition) is 1. The minimum absolute atomic E-state index is 0.00190. The van der Waals surface area contributed by atoms with Crippen LogP contribution in [0.4, 0.5) is 0 Å². The van der Waals surface area contributed by atoms with Gasteiger partial charge >= 0.3 is 0 Å². The highest BCUT2D eigenvalue weighted by Gasteiger charge is 2.16. The third kappa shape index (κ3) is 5.72. The number of likely N-dealkylation sites (N-methyl/N-ethyl adjacent to an activating group) is 1. The zero-order valence-corrected chi connectivity index (χ0v) is 17.9. The summed E-state index contributed by atoms with van der Waals surface area (Å²) < 4.78 is 1.59. The lowest BCUT2D eigenvalue weighted by molar-refractivity contribution is -0.132. The smallest absolute Gasteiger partial charge is 0.262 e. The summed E-state index contributed by atoms with van der Waals surface area (Å²) >= 11 is 7.21. The van der Waals surface area contributed by atoms with Crippen LogP contribution in [-0.2, 0) is 16.1 Å². The average Bonchev–Trinajstić information content (AvgIpc) is 2.66. The summed E-state index contributed by atoms with van der Waals surface area (Å²) in [6, 6.07) is 4.98. The van der Waals surface area contributed by atoms with E-state index >= 15 is 0 Å². The number of fused-ring (bicyclic) bond motifs is 1. The molecule has 2 aromatic rings. The molecule has 1 heterocycles. The Hall–Kier alpha value is -2.06. The van der Waals surface area contributed by atoms with Crippen molar-refractivity contribution in [3.63, 3.8) is 0 Å². The third-order valence-corrected chi connectivity index (χ3v) is 5.23. The molecule has 0 saturated carbocycles. The van der Waals surface area contributed by atoms with E-state index in [2.05, 4.69) is 10.3 Å². The number of aromatic nitrogens is 2. The van der Waals surface area contributed by atoms with Gasteiger partial charge in [0.2, 0.25) is 11.8 Å². The molecule has 0 aliphatic rings. The van der Waals surface area contributed by atoms with Crippen LogP contribution < -0.4 is 10.9 Å².